The Labute approximate surface area is 218 Å². The predicted octanol–water partition coefficient (Wildman–Crippen LogP) is 2.31. The molecule has 0 aliphatic rings. The lowest BCUT2D eigenvalue weighted by atomic mass is 10.1. The summed E-state index contributed by atoms with van der Waals surface area (Å²) >= 11 is 0. The van der Waals surface area contributed by atoms with Gasteiger partial charge in [-0.05, 0) is 13.8 Å². The van der Waals surface area contributed by atoms with E-state index >= 15 is 0 Å². The zero-order valence-corrected chi connectivity index (χ0v) is 23.2. The van der Waals surface area contributed by atoms with Crippen LogP contribution in [0.3, 0.4) is 0 Å². The summed E-state index contributed by atoms with van der Waals surface area (Å²) in [5.41, 5.74) is -1.25. The van der Waals surface area contributed by atoms with Gasteiger partial charge in [-0.25, -0.2) is 18.3 Å². The predicted molar refractivity (Wildman–Crippen MR) is 124 cm³/mol. The smallest absolute Gasteiger partial charge is 0.490 e. The van der Waals surface area contributed by atoms with Crippen molar-refractivity contribution in [3.63, 3.8) is 0 Å². The second-order valence-electron chi connectivity index (χ2n) is 7.16. The average molecular weight is 636 g/mol. The Morgan fingerprint density at radius 1 is 0.667 bits per heavy atom. The number of carbonyl (C=O) groups excluding carboxylic acids is 2. The van der Waals surface area contributed by atoms with Crippen molar-refractivity contribution in [2.75, 3.05) is 0 Å². The number of aldehydes is 2. The Hall–Kier alpha value is -2.20. The first kappa shape index (κ1) is 33.0. The first-order valence-corrected chi connectivity index (χ1v) is 15.8. The second kappa shape index (κ2) is 12.5. The van der Waals surface area contributed by atoms with E-state index in [-0.39, 0.29) is 35.1 Å². The summed E-state index contributed by atoms with van der Waals surface area (Å²) < 4.78 is 68.2. The van der Waals surface area contributed by atoms with Gasteiger partial charge in [0, 0.05) is 23.5 Å². The number of hydrogen-bond donors (Lipinski definition) is 6. The standard InChI is InChI=1S/C16H20N2O17P4/c1-9-15(21)13(5-19)11(3-17-9)7-31-36(23,24)33-38(27,28)35-39(29,30)34-37(25,26)32-8-12-4-18-10(2)16(22)14(12)6-20/h3-6,21-22H,7-8H2,1-2H3,(H,23,24)(H,25,26)(H,27,28)(H,29,30). The fraction of sp³-hybridized carbons (Fsp3) is 0.250. The number of pyridine rings is 2. The highest BCUT2D eigenvalue weighted by Crippen LogP contribution is 2.71. The average Bonchev–Trinajstić information content (AvgIpc) is 2.78. The minimum absolute atomic E-state index is 0.0271. The van der Waals surface area contributed by atoms with Crippen LogP contribution in [-0.2, 0) is 53.5 Å². The van der Waals surface area contributed by atoms with Crippen LogP contribution in [-0.4, -0.2) is 52.3 Å². The van der Waals surface area contributed by atoms with Crippen molar-refractivity contribution in [1.29, 1.82) is 0 Å². The molecule has 0 radical (unpaired) electrons. The summed E-state index contributed by atoms with van der Waals surface area (Å²) in [7, 11) is -23.4. The number of carbonyl (C=O) groups is 2. The number of aryl methyl sites for hydroxylation is 2. The number of hydrogen-bond acceptors (Lipinski definition) is 15. The van der Waals surface area contributed by atoms with Crippen molar-refractivity contribution in [2.24, 2.45) is 0 Å². The summed E-state index contributed by atoms with van der Waals surface area (Å²) in [5.74, 6) is -1.16. The Morgan fingerprint density at radius 3 is 1.28 bits per heavy atom. The fourth-order valence-corrected chi connectivity index (χ4v) is 7.45. The Kier molecular flexibility index (Phi) is 10.6. The van der Waals surface area contributed by atoms with Crippen molar-refractivity contribution in [3.8, 4) is 11.5 Å². The van der Waals surface area contributed by atoms with Gasteiger partial charge >= 0.3 is 31.3 Å². The molecule has 4 atom stereocenters. The molecule has 19 nitrogen and oxygen atoms in total. The van der Waals surface area contributed by atoms with E-state index in [9.17, 15) is 57.6 Å². The van der Waals surface area contributed by atoms with Crippen LogP contribution < -0.4 is 0 Å². The quantitative estimate of drug-likeness (QED) is 0.128. The van der Waals surface area contributed by atoms with Gasteiger partial charge in [-0.3, -0.25) is 28.6 Å². The lowest BCUT2D eigenvalue weighted by molar-refractivity contribution is 0.110. The van der Waals surface area contributed by atoms with Gasteiger partial charge < -0.3 is 29.8 Å². The minimum Gasteiger partial charge on any atom is -0.505 e. The molecule has 0 aromatic carbocycles. The SMILES string of the molecule is Cc1ncc(COP(=O)(O)OP(=O)(O)OP(=O)(O)OP(=O)(O)OCc2cnc(C)c(O)c2C=O)c(C=O)c1O. The summed E-state index contributed by atoms with van der Waals surface area (Å²) in [4.78, 5) is 68.2. The van der Waals surface area contributed by atoms with Crippen LogP contribution in [0, 0.1) is 13.8 Å². The molecule has 39 heavy (non-hydrogen) atoms. The van der Waals surface area contributed by atoms with E-state index < -0.39 is 67.1 Å². The highest BCUT2D eigenvalue weighted by molar-refractivity contribution is 7.69. The van der Waals surface area contributed by atoms with E-state index in [4.69, 9.17) is 0 Å². The summed E-state index contributed by atoms with van der Waals surface area (Å²) in [6.45, 7) is 0.680. The van der Waals surface area contributed by atoms with Crippen molar-refractivity contribution >= 4 is 43.9 Å². The summed E-state index contributed by atoms with van der Waals surface area (Å²) in [6, 6.07) is 0. The molecule has 23 heteroatoms. The van der Waals surface area contributed by atoms with Gasteiger partial charge in [-0.15, -0.1) is 0 Å². The van der Waals surface area contributed by atoms with Crippen LogP contribution >= 0.6 is 31.3 Å². The van der Waals surface area contributed by atoms with E-state index in [1.54, 1.807) is 0 Å². The van der Waals surface area contributed by atoms with Crippen molar-refractivity contribution in [2.45, 2.75) is 27.1 Å². The maximum Gasteiger partial charge on any atom is 0.490 e. The van der Waals surface area contributed by atoms with E-state index in [1.165, 1.54) is 13.8 Å². The molecule has 0 saturated carbocycles. The van der Waals surface area contributed by atoms with Crippen molar-refractivity contribution in [1.82, 2.24) is 9.97 Å². The molecule has 0 saturated heterocycles. The molecule has 2 rings (SSSR count). The number of phosphoric ester groups is 2. The molecule has 0 aliphatic carbocycles. The molecule has 216 valence electrons. The lowest BCUT2D eigenvalue weighted by Gasteiger charge is -2.20. The van der Waals surface area contributed by atoms with Crippen LogP contribution in [0.5, 0.6) is 11.5 Å². The second-order valence-corrected chi connectivity index (χ2v) is 13.4. The number of aromatic hydroxyl groups is 2. The molecule has 6 N–H and O–H groups in total. The topological polar surface area (TPSA) is 296 Å². The van der Waals surface area contributed by atoms with Crippen LogP contribution in [0.25, 0.3) is 0 Å². The number of nitrogens with zero attached hydrogens (tertiary/aromatic N) is 2. The number of aromatic nitrogens is 2. The minimum atomic E-state index is -6.07. The number of phosphoric acid groups is 4. The fourth-order valence-electron chi connectivity index (χ4n) is 2.57. The van der Waals surface area contributed by atoms with Gasteiger partial charge in [0.15, 0.2) is 12.6 Å². The largest absolute Gasteiger partial charge is 0.505 e. The Balaban J connectivity index is 2.06. The number of rotatable bonds is 14. The zero-order chi connectivity index (χ0) is 29.8. The van der Waals surface area contributed by atoms with Crippen LogP contribution in [0.15, 0.2) is 12.4 Å². The monoisotopic (exact) mass is 636 g/mol. The van der Waals surface area contributed by atoms with E-state index in [0.29, 0.717) is 0 Å². The molecule has 2 aromatic heterocycles. The van der Waals surface area contributed by atoms with Gasteiger partial charge in [0.2, 0.25) is 0 Å². The molecule has 0 aliphatic heterocycles. The maximum atomic E-state index is 12.0. The van der Waals surface area contributed by atoms with Gasteiger partial charge in [-0.1, -0.05) is 0 Å². The Morgan fingerprint density at radius 2 is 0.974 bits per heavy atom. The highest BCUT2D eigenvalue weighted by atomic mass is 31.3. The van der Waals surface area contributed by atoms with Gasteiger partial charge in [0.05, 0.1) is 35.7 Å². The van der Waals surface area contributed by atoms with Crippen molar-refractivity contribution < 1.29 is 79.6 Å². The van der Waals surface area contributed by atoms with Gasteiger partial charge in [-0.2, -0.15) is 12.9 Å². The molecule has 0 spiro atoms. The van der Waals surface area contributed by atoms with E-state index in [0.717, 1.165) is 12.4 Å². The first-order chi connectivity index (χ1) is 17.8. The third-order valence-electron chi connectivity index (χ3n) is 4.34. The normalized spacial score (nSPS) is 17.8. The van der Waals surface area contributed by atoms with E-state index in [2.05, 4.69) is 31.9 Å². The molecule has 0 amide bonds. The third kappa shape index (κ3) is 9.45. The first-order valence-electron chi connectivity index (χ1n) is 9.81. The van der Waals surface area contributed by atoms with Crippen molar-refractivity contribution in [3.05, 3.63) is 46.0 Å². The maximum absolute atomic E-state index is 12.0. The molecular weight excluding hydrogens is 616 g/mol. The zero-order valence-electron chi connectivity index (χ0n) is 19.6. The molecule has 2 heterocycles. The van der Waals surface area contributed by atoms with Crippen LogP contribution in [0.2, 0.25) is 0 Å². The van der Waals surface area contributed by atoms with E-state index in [1.807, 2.05) is 0 Å². The summed E-state index contributed by atoms with van der Waals surface area (Å²) in [5, 5.41) is 19.6. The molecule has 0 fully saturated rings. The Bertz CT molecular complexity index is 1360. The molecule has 0 bridgehead atoms. The molecular formula is C16H20N2O17P4. The van der Waals surface area contributed by atoms with Crippen LogP contribution in [0.4, 0.5) is 0 Å². The van der Waals surface area contributed by atoms with Crippen LogP contribution in [0.1, 0.15) is 43.2 Å². The molecule has 2 aromatic rings. The lowest BCUT2D eigenvalue weighted by Crippen LogP contribution is -2.03. The summed E-state index contributed by atoms with van der Waals surface area (Å²) in [6.07, 6.45) is 2.26. The molecule has 4 unspecified atom stereocenters. The third-order valence-corrected chi connectivity index (χ3v) is 10.2. The van der Waals surface area contributed by atoms with Gasteiger partial charge in [0.1, 0.15) is 11.5 Å². The highest BCUT2D eigenvalue weighted by Gasteiger charge is 2.46. The van der Waals surface area contributed by atoms with Gasteiger partial charge in [0.25, 0.3) is 0 Å².